The van der Waals surface area contributed by atoms with Gasteiger partial charge in [0.1, 0.15) is 17.6 Å². The van der Waals surface area contributed by atoms with Crippen LogP contribution in [0.1, 0.15) is 36.6 Å². The van der Waals surface area contributed by atoms with E-state index < -0.39 is 17.7 Å². The third kappa shape index (κ3) is 4.27. The Morgan fingerprint density at radius 1 is 1.18 bits per heavy atom. The second-order valence-electron chi connectivity index (χ2n) is 9.39. The zero-order chi connectivity index (χ0) is 27.4. The summed E-state index contributed by atoms with van der Waals surface area (Å²) in [7, 11) is 0. The van der Waals surface area contributed by atoms with Crippen LogP contribution >= 0.6 is 22.9 Å². The number of aromatic hydroxyl groups is 1. The molecule has 2 aliphatic rings. The summed E-state index contributed by atoms with van der Waals surface area (Å²) in [6.45, 7) is 4.03. The van der Waals surface area contributed by atoms with Crippen LogP contribution in [0.5, 0.6) is 17.2 Å². The van der Waals surface area contributed by atoms with Gasteiger partial charge in [0.15, 0.2) is 16.6 Å². The molecule has 0 radical (unpaired) electrons. The van der Waals surface area contributed by atoms with Crippen LogP contribution in [0, 0.1) is 0 Å². The number of amides is 1. The number of aliphatic hydroxyl groups is 1. The molecule has 10 heteroatoms. The molecule has 0 saturated carbocycles. The number of aliphatic hydroxyl groups excluding tert-OH is 1. The van der Waals surface area contributed by atoms with E-state index in [1.54, 1.807) is 55.5 Å². The molecule has 1 saturated heterocycles. The van der Waals surface area contributed by atoms with Gasteiger partial charge in [-0.15, -0.1) is 0 Å². The molecule has 2 aliphatic heterocycles. The molecular weight excluding hydrogens is 540 g/mol. The highest BCUT2D eigenvalue weighted by Crippen LogP contribution is 2.46. The van der Waals surface area contributed by atoms with Gasteiger partial charge in [0.05, 0.1) is 28.4 Å². The summed E-state index contributed by atoms with van der Waals surface area (Å²) >= 11 is 7.38. The SMILES string of the molecule is CCOc1cc([C@H]2C(=C(O)c3ccc4c(c3)C[C@H](C)O4)C(=O)C(=O)N2c2nc3ccc(Cl)cc3s2)ccc1O. The summed E-state index contributed by atoms with van der Waals surface area (Å²) in [6, 6.07) is 14.0. The molecule has 1 amide bonds. The minimum absolute atomic E-state index is 0.00416. The van der Waals surface area contributed by atoms with E-state index in [0.29, 0.717) is 34.7 Å². The van der Waals surface area contributed by atoms with Crippen LogP contribution in [0.25, 0.3) is 16.0 Å². The summed E-state index contributed by atoms with van der Waals surface area (Å²) in [4.78, 5) is 33.0. The van der Waals surface area contributed by atoms with Crippen LogP contribution in [0.15, 0.2) is 60.2 Å². The van der Waals surface area contributed by atoms with Crippen LogP contribution in [0.3, 0.4) is 0 Å². The fraction of sp³-hybridized carbons (Fsp3) is 0.207. The van der Waals surface area contributed by atoms with Gasteiger partial charge in [0.2, 0.25) is 0 Å². The van der Waals surface area contributed by atoms with Gasteiger partial charge in [-0.1, -0.05) is 29.0 Å². The van der Waals surface area contributed by atoms with Crippen LogP contribution in [-0.2, 0) is 16.0 Å². The smallest absolute Gasteiger partial charge is 0.301 e. The standard InChI is InChI=1S/C29H23ClN2O6S/c1-3-37-22-12-15(4-8-20(22)33)25-24(26(34)16-5-9-21-17(11-16)10-14(2)38-21)27(35)28(36)32(25)29-31-19-7-6-18(30)13-23(19)39-29/h4-9,11-14,25,33-34H,3,10H2,1-2H3/t14-,25-/m0/s1. The number of hydrogen-bond acceptors (Lipinski definition) is 8. The van der Waals surface area contributed by atoms with E-state index in [0.717, 1.165) is 16.0 Å². The second-order valence-corrected chi connectivity index (χ2v) is 10.8. The lowest BCUT2D eigenvalue weighted by molar-refractivity contribution is -0.132. The zero-order valence-electron chi connectivity index (χ0n) is 21.0. The first-order chi connectivity index (χ1) is 18.7. The Morgan fingerprint density at radius 2 is 2.00 bits per heavy atom. The third-order valence-corrected chi connectivity index (χ3v) is 8.01. The molecule has 0 aliphatic carbocycles. The Morgan fingerprint density at radius 3 is 2.79 bits per heavy atom. The Labute approximate surface area is 232 Å². The minimum Gasteiger partial charge on any atom is -0.507 e. The second kappa shape index (κ2) is 9.59. The van der Waals surface area contributed by atoms with Crippen molar-refractivity contribution in [2.75, 3.05) is 11.5 Å². The van der Waals surface area contributed by atoms with Gasteiger partial charge in [-0.25, -0.2) is 4.98 Å². The molecule has 8 nitrogen and oxygen atoms in total. The number of phenolic OH excluding ortho intramolecular Hbond substituents is 1. The van der Waals surface area contributed by atoms with Gasteiger partial charge >= 0.3 is 5.91 Å². The summed E-state index contributed by atoms with van der Waals surface area (Å²) in [6.07, 6.45) is 0.669. The number of carbonyl (C=O) groups excluding carboxylic acids is 2. The predicted octanol–water partition coefficient (Wildman–Crippen LogP) is 6.00. The van der Waals surface area contributed by atoms with Crippen molar-refractivity contribution in [3.05, 3.63) is 81.9 Å². The molecule has 1 fully saturated rings. The van der Waals surface area contributed by atoms with E-state index in [1.165, 1.54) is 22.3 Å². The molecule has 3 aromatic carbocycles. The van der Waals surface area contributed by atoms with Crippen molar-refractivity contribution in [2.24, 2.45) is 0 Å². The number of Topliss-reactive ketones (excluding diaryl/α,β-unsaturated/α-hetero) is 1. The first-order valence-corrected chi connectivity index (χ1v) is 13.6. The molecule has 2 atom stereocenters. The maximum atomic E-state index is 13.6. The zero-order valence-corrected chi connectivity index (χ0v) is 22.5. The molecular formula is C29H23ClN2O6S. The van der Waals surface area contributed by atoms with E-state index >= 15 is 0 Å². The average Bonchev–Trinajstić information content (AvgIpc) is 3.57. The van der Waals surface area contributed by atoms with Gasteiger partial charge in [0.25, 0.3) is 5.78 Å². The van der Waals surface area contributed by atoms with Crippen LogP contribution < -0.4 is 14.4 Å². The van der Waals surface area contributed by atoms with Crippen molar-refractivity contribution in [1.29, 1.82) is 0 Å². The van der Waals surface area contributed by atoms with E-state index in [1.807, 2.05) is 6.92 Å². The van der Waals surface area contributed by atoms with Gasteiger partial charge in [0, 0.05) is 17.0 Å². The number of aromatic nitrogens is 1. The number of phenols is 1. The molecule has 0 unspecified atom stereocenters. The van der Waals surface area contributed by atoms with Gasteiger partial charge < -0.3 is 19.7 Å². The van der Waals surface area contributed by atoms with Crippen molar-refractivity contribution in [2.45, 2.75) is 32.4 Å². The number of carbonyl (C=O) groups is 2. The highest BCUT2D eigenvalue weighted by Gasteiger charge is 2.48. The molecule has 2 N–H and O–H groups in total. The molecule has 198 valence electrons. The minimum atomic E-state index is -1.02. The van der Waals surface area contributed by atoms with Crippen molar-refractivity contribution in [3.63, 3.8) is 0 Å². The molecule has 0 bridgehead atoms. The van der Waals surface area contributed by atoms with E-state index in [2.05, 4.69) is 4.98 Å². The Bertz CT molecular complexity index is 1700. The first kappa shape index (κ1) is 25.2. The quantitative estimate of drug-likeness (QED) is 0.174. The van der Waals surface area contributed by atoms with Crippen molar-refractivity contribution in [3.8, 4) is 17.2 Å². The molecule has 0 spiro atoms. The number of thiazole rings is 1. The molecule has 3 heterocycles. The lowest BCUT2D eigenvalue weighted by Crippen LogP contribution is -2.29. The molecule has 1 aromatic heterocycles. The predicted molar refractivity (Wildman–Crippen MR) is 149 cm³/mol. The van der Waals surface area contributed by atoms with Gasteiger partial charge in [-0.05, 0) is 73.5 Å². The van der Waals surface area contributed by atoms with Gasteiger partial charge in [-0.3, -0.25) is 14.5 Å². The lowest BCUT2D eigenvalue weighted by Gasteiger charge is -2.23. The molecule has 39 heavy (non-hydrogen) atoms. The highest BCUT2D eigenvalue weighted by atomic mass is 35.5. The number of fused-ring (bicyclic) bond motifs is 2. The number of halogens is 1. The molecule has 6 rings (SSSR count). The topological polar surface area (TPSA) is 109 Å². The molecule has 4 aromatic rings. The van der Waals surface area contributed by atoms with E-state index in [-0.39, 0.29) is 34.1 Å². The highest BCUT2D eigenvalue weighted by molar-refractivity contribution is 7.22. The fourth-order valence-corrected chi connectivity index (χ4v) is 6.30. The Kier molecular flexibility index (Phi) is 6.20. The average molecular weight is 563 g/mol. The van der Waals surface area contributed by atoms with E-state index in [9.17, 15) is 19.8 Å². The van der Waals surface area contributed by atoms with Crippen LogP contribution in [0.2, 0.25) is 5.02 Å². The summed E-state index contributed by atoms with van der Waals surface area (Å²) in [5, 5.41) is 22.6. The number of ether oxygens (including phenoxy) is 2. The number of hydrogen-bond donors (Lipinski definition) is 2. The normalized spacial score (nSPS) is 19.9. The van der Waals surface area contributed by atoms with Crippen LogP contribution in [0.4, 0.5) is 5.13 Å². The van der Waals surface area contributed by atoms with Crippen molar-refractivity contribution in [1.82, 2.24) is 4.98 Å². The summed E-state index contributed by atoms with van der Waals surface area (Å²) in [5.74, 6) is -1.13. The monoisotopic (exact) mass is 562 g/mol. The number of benzene rings is 3. The largest absolute Gasteiger partial charge is 0.507 e. The Balaban J connectivity index is 1.55. The third-order valence-electron chi connectivity index (χ3n) is 6.76. The maximum Gasteiger partial charge on any atom is 0.301 e. The Hall–Kier alpha value is -4.08. The first-order valence-electron chi connectivity index (χ1n) is 12.4. The summed E-state index contributed by atoms with van der Waals surface area (Å²) in [5.41, 5.74) is 2.30. The van der Waals surface area contributed by atoms with Crippen molar-refractivity contribution >= 4 is 55.7 Å². The number of rotatable bonds is 5. The van der Waals surface area contributed by atoms with E-state index in [4.69, 9.17) is 21.1 Å². The number of nitrogens with zero attached hydrogens (tertiary/aromatic N) is 2. The lowest BCUT2D eigenvalue weighted by atomic mass is 9.94. The number of ketones is 1. The summed E-state index contributed by atoms with van der Waals surface area (Å²) < 4.78 is 12.1. The van der Waals surface area contributed by atoms with Crippen LogP contribution in [-0.4, -0.2) is 39.6 Å². The number of anilines is 1. The fourth-order valence-electron chi connectivity index (χ4n) is 5.03. The maximum absolute atomic E-state index is 13.6. The van der Waals surface area contributed by atoms with Crippen molar-refractivity contribution < 1.29 is 29.3 Å². The van der Waals surface area contributed by atoms with Gasteiger partial charge in [-0.2, -0.15) is 0 Å².